The van der Waals surface area contributed by atoms with Crippen LogP contribution in [0.4, 0.5) is 0 Å². The minimum Gasteiger partial charge on any atom is -0.373 e. The van der Waals surface area contributed by atoms with E-state index in [4.69, 9.17) is 4.74 Å². The van der Waals surface area contributed by atoms with Crippen molar-refractivity contribution < 1.29 is 4.74 Å². The van der Waals surface area contributed by atoms with Gasteiger partial charge in [0.2, 0.25) is 0 Å². The third-order valence-electron chi connectivity index (χ3n) is 3.67. The van der Waals surface area contributed by atoms with E-state index in [1.807, 2.05) is 19.4 Å². The highest BCUT2D eigenvalue weighted by Crippen LogP contribution is 2.35. The fourth-order valence-electron chi connectivity index (χ4n) is 2.70. The highest BCUT2D eigenvalue weighted by Gasteiger charge is 2.36. The first-order chi connectivity index (χ1) is 8.63. The maximum atomic E-state index is 6.08. The number of nitrogens with zero attached hydrogens (tertiary/aromatic N) is 1. The molecule has 1 N–H and O–H groups in total. The molecule has 0 saturated carbocycles. The molecule has 0 saturated heterocycles. The van der Waals surface area contributed by atoms with Crippen LogP contribution in [0, 0.1) is 6.92 Å². The van der Waals surface area contributed by atoms with Crippen molar-refractivity contribution in [2.45, 2.75) is 52.2 Å². The Morgan fingerprint density at radius 2 is 1.94 bits per heavy atom. The number of aromatic nitrogens is 1. The molecular formula is C15H26N2O. The summed E-state index contributed by atoms with van der Waals surface area (Å²) < 4.78 is 6.08. The minimum atomic E-state index is -0.154. The summed E-state index contributed by atoms with van der Waals surface area (Å²) in [6.07, 6.45) is 5.79. The van der Waals surface area contributed by atoms with Crippen LogP contribution in [0.3, 0.4) is 0 Å². The number of aryl methyl sites for hydroxylation is 1. The van der Waals surface area contributed by atoms with Crippen molar-refractivity contribution >= 4 is 0 Å². The summed E-state index contributed by atoms with van der Waals surface area (Å²) in [5.74, 6) is 0. The van der Waals surface area contributed by atoms with Gasteiger partial charge < -0.3 is 10.1 Å². The number of hydrogen-bond donors (Lipinski definition) is 1. The molecule has 0 spiro atoms. The van der Waals surface area contributed by atoms with E-state index in [1.54, 1.807) is 0 Å². The van der Waals surface area contributed by atoms with Gasteiger partial charge in [-0.1, -0.05) is 19.9 Å². The second kappa shape index (κ2) is 6.86. The molecular weight excluding hydrogens is 224 g/mol. The predicted octanol–water partition coefficient (Wildman–Crippen LogP) is 3.25. The summed E-state index contributed by atoms with van der Waals surface area (Å²) in [6, 6.07) is 2.37. The van der Waals surface area contributed by atoms with Crippen molar-refractivity contribution in [1.82, 2.24) is 10.3 Å². The zero-order chi connectivity index (χ0) is 13.6. The van der Waals surface area contributed by atoms with E-state index < -0.39 is 0 Å². The Kier molecular flexibility index (Phi) is 5.76. The van der Waals surface area contributed by atoms with Crippen LogP contribution >= 0.6 is 0 Å². The maximum absolute atomic E-state index is 6.08. The third kappa shape index (κ3) is 3.09. The molecule has 1 atom stereocenters. The van der Waals surface area contributed by atoms with Gasteiger partial charge in [0.25, 0.3) is 0 Å². The van der Waals surface area contributed by atoms with Crippen LogP contribution in [0.15, 0.2) is 18.5 Å². The van der Waals surface area contributed by atoms with Crippen LogP contribution < -0.4 is 5.32 Å². The Labute approximate surface area is 111 Å². The average Bonchev–Trinajstić information content (AvgIpc) is 2.38. The molecule has 3 nitrogen and oxygen atoms in total. The monoisotopic (exact) mass is 250 g/mol. The van der Waals surface area contributed by atoms with Crippen molar-refractivity contribution in [3.8, 4) is 0 Å². The van der Waals surface area contributed by atoms with Crippen LogP contribution in [-0.4, -0.2) is 24.2 Å². The molecule has 0 aliphatic rings. The highest BCUT2D eigenvalue weighted by molar-refractivity contribution is 5.23. The lowest BCUT2D eigenvalue weighted by atomic mass is 9.84. The summed E-state index contributed by atoms with van der Waals surface area (Å²) in [4.78, 5) is 4.30. The van der Waals surface area contributed by atoms with Crippen molar-refractivity contribution in [3.63, 3.8) is 0 Å². The number of hydrogen-bond acceptors (Lipinski definition) is 3. The van der Waals surface area contributed by atoms with Crippen LogP contribution in [0.2, 0.25) is 0 Å². The van der Waals surface area contributed by atoms with Gasteiger partial charge in [0, 0.05) is 19.0 Å². The number of pyridine rings is 1. The summed E-state index contributed by atoms with van der Waals surface area (Å²) in [6.45, 7) is 9.24. The molecule has 1 aromatic heterocycles. The zero-order valence-corrected chi connectivity index (χ0v) is 12.3. The molecule has 0 radical (unpaired) electrons. The van der Waals surface area contributed by atoms with E-state index in [2.05, 4.69) is 44.1 Å². The summed E-state index contributed by atoms with van der Waals surface area (Å²) in [5.41, 5.74) is 2.24. The SMILES string of the molecule is CCOC(CC)(CC)C(NC)c1cncc(C)c1. The van der Waals surface area contributed by atoms with E-state index in [0.29, 0.717) is 0 Å². The van der Waals surface area contributed by atoms with E-state index in [9.17, 15) is 0 Å². The fourth-order valence-corrected chi connectivity index (χ4v) is 2.70. The Morgan fingerprint density at radius 1 is 1.28 bits per heavy atom. The number of ether oxygens (including phenoxy) is 1. The number of rotatable bonds is 7. The predicted molar refractivity (Wildman–Crippen MR) is 75.7 cm³/mol. The van der Waals surface area contributed by atoms with Crippen LogP contribution in [0.1, 0.15) is 50.8 Å². The average molecular weight is 250 g/mol. The van der Waals surface area contributed by atoms with Crippen molar-refractivity contribution in [1.29, 1.82) is 0 Å². The lowest BCUT2D eigenvalue weighted by molar-refractivity contribution is -0.0718. The number of nitrogens with one attached hydrogen (secondary N) is 1. The third-order valence-corrected chi connectivity index (χ3v) is 3.67. The summed E-state index contributed by atoms with van der Waals surface area (Å²) in [7, 11) is 1.99. The molecule has 18 heavy (non-hydrogen) atoms. The van der Waals surface area contributed by atoms with Crippen molar-refractivity contribution in [2.75, 3.05) is 13.7 Å². The molecule has 0 amide bonds. The van der Waals surface area contributed by atoms with Crippen LogP contribution in [-0.2, 0) is 4.74 Å². The molecule has 0 aliphatic heterocycles. The Balaban J connectivity index is 3.13. The Hall–Kier alpha value is -0.930. The quantitative estimate of drug-likeness (QED) is 0.806. The molecule has 1 rings (SSSR count). The van der Waals surface area contributed by atoms with Gasteiger partial charge in [0.05, 0.1) is 11.6 Å². The maximum Gasteiger partial charge on any atom is 0.0871 e. The molecule has 0 aliphatic carbocycles. The molecule has 0 fully saturated rings. The van der Waals surface area contributed by atoms with Crippen molar-refractivity contribution in [2.24, 2.45) is 0 Å². The van der Waals surface area contributed by atoms with Gasteiger partial charge >= 0.3 is 0 Å². The lowest BCUT2D eigenvalue weighted by Gasteiger charge is -2.39. The van der Waals surface area contributed by atoms with E-state index in [0.717, 1.165) is 19.4 Å². The molecule has 1 heterocycles. The topological polar surface area (TPSA) is 34.1 Å². The first-order valence-corrected chi connectivity index (χ1v) is 6.86. The fraction of sp³-hybridized carbons (Fsp3) is 0.667. The minimum absolute atomic E-state index is 0.154. The van der Waals surface area contributed by atoms with Crippen LogP contribution in [0.25, 0.3) is 0 Å². The van der Waals surface area contributed by atoms with E-state index in [1.165, 1.54) is 11.1 Å². The second-order valence-electron chi connectivity index (χ2n) is 4.72. The van der Waals surface area contributed by atoms with Gasteiger partial charge in [0.15, 0.2) is 0 Å². The highest BCUT2D eigenvalue weighted by atomic mass is 16.5. The zero-order valence-electron chi connectivity index (χ0n) is 12.3. The van der Waals surface area contributed by atoms with Gasteiger partial charge in [-0.3, -0.25) is 4.98 Å². The smallest absolute Gasteiger partial charge is 0.0871 e. The van der Waals surface area contributed by atoms with Crippen molar-refractivity contribution in [3.05, 3.63) is 29.6 Å². The molecule has 0 bridgehead atoms. The molecule has 102 valence electrons. The van der Waals surface area contributed by atoms with Gasteiger partial charge in [0.1, 0.15) is 0 Å². The first-order valence-electron chi connectivity index (χ1n) is 6.86. The van der Waals surface area contributed by atoms with Crippen LogP contribution in [0.5, 0.6) is 0 Å². The standard InChI is InChI=1S/C15H26N2O/c1-6-15(7-2,18-8-3)14(16-5)13-9-12(4)10-17-11-13/h9-11,14,16H,6-8H2,1-5H3. The van der Waals surface area contributed by atoms with Gasteiger partial charge in [-0.2, -0.15) is 0 Å². The molecule has 1 unspecified atom stereocenters. The van der Waals surface area contributed by atoms with Gasteiger partial charge in [-0.05, 0) is 44.9 Å². The number of likely N-dealkylation sites (N-methyl/N-ethyl adjacent to an activating group) is 1. The largest absolute Gasteiger partial charge is 0.373 e. The van der Waals surface area contributed by atoms with Gasteiger partial charge in [-0.25, -0.2) is 0 Å². The molecule has 0 aromatic carbocycles. The lowest BCUT2D eigenvalue weighted by Crippen LogP contribution is -2.44. The molecule has 1 aromatic rings. The molecule has 3 heteroatoms. The second-order valence-corrected chi connectivity index (χ2v) is 4.72. The van der Waals surface area contributed by atoms with E-state index >= 15 is 0 Å². The Bertz CT molecular complexity index is 361. The first kappa shape index (κ1) is 15.1. The van der Waals surface area contributed by atoms with E-state index in [-0.39, 0.29) is 11.6 Å². The normalized spacial score (nSPS) is 13.6. The summed E-state index contributed by atoms with van der Waals surface area (Å²) in [5, 5.41) is 3.41. The Morgan fingerprint density at radius 3 is 2.39 bits per heavy atom. The van der Waals surface area contributed by atoms with Gasteiger partial charge in [-0.15, -0.1) is 0 Å². The summed E-state index contributed by atoms with van der Waals surface area (Å²) >= 11 is 0.